The number of carbonyl (C=O) groups excluding carboxylic acids is 1. The van der Waals surface area contributed by atoms with E-state index < -0.39 is 0 Å². The van der Waals surface area contributed by atoms with Gasteiger partial charge >= 0.3 is 0 Å². The van der Waals surface area contributed by atoms with Crippen molar-refractivity contribution in [2.75, 3.05) is 14.2 Å². The fraction of sp³-hybridized carbons (Fsp3) is 0.462. The van der Waals surface area contributed by atoms with Gasteiger partial charge in [-0.3, -0.25) is 0 Å². The van der Waals surface area contributed by atoms with E-state index >= 15 is 0 Å². The van der Waals surface area contributed by atoms with E-state index in [1.807, 2.05) is 19.9 Å². The van der Waals surface area contributed by atoms with Crippen LogP contribution in [0.2, 0.25) is 0 Å². The van der Waals surface area contributed by atoms with Crippen molar-refractivity contribution in [2.24, 2.45) is 0 Å². The number of methoxy groups -OCH3 is 2. The van der Waals surface area contributed by atoms with Crippen LogP contribution in [0.3, 0.4) is 0 Å². The number of aryl methyl sites for hydroxylation is 1. The lowest BCUT2D eigenvalue weighted by atomic mass is 9.98. The standard InChI is InChI=1S/C13H18O3/c1-9-8-12(15-3)13(16-4)11(10(9)2)6-5-7-14/h7-8H,5-6H2,1-4H3. The Hall–Kier alpha value is -1.51. The van der Waals surface area contributed by atoms with Gasteiger partial charge in [-0.05, 0) is 37.5 Å². The molecule has 0 radical (unpaired) electrons. The predicted molar refractivity (Wildman–Crippen MR) is 63.4 cm³/mol. The molecular formula is C13H18O3. The Kier molecular flexibility index (Phi) is 4.35. The van der Waals surface area contributed by atoms with Crippen molar-refractivity contribution in [2.45, 2.75) is 26.7 Å². The lowest BCUT2D eigenvalue weighted by Crippen LogP contribution is -2.01. The zero-order chi connectivity index (χ0) is 12.1. The van der Waals surface area contributed by atoms with Gasteiger partial charge in [0.2, 0.25) is 0 Å². The Balaban J connectivity index is 3.28. The van der Waals surface area contributed by atoms with Crippen LogP contribution in [0.4, 0.5) is 0 Å². The Morgan fingerprint density at radius 2 is 1.94 bits per heavy atom. The molecule has 0 aliphatic heterocycles. The number of carbonyl (C=O) groups is 1. The second kappa shape index (κ2) is 5.54. The van der Waals surface area contributed by atoms with Crippen molar-refractivity contribution in [1.82, 2.24) is 0 Å². The maximum absolute atomic E-state index is 10.5. The molecule has 0 saturated carbocycles. The first kappa shape index (κ1) is 12.6. The average molecular weight is 222 g/mol. The van der Waals surface area contributed by atoms with Crippen LogP contribution in [0, 0.1) is 13.8 Å². The van der Waals surface area contributed by atoms with Gasteiger partial charge in [0.15, 0.2) is 11.5 Å². The molecule has 0 heterocycles. The molecule has 0 amide bonds. The second-order valence-corrected chi connectivity index (χ2v) is 3.74. The van der Waals surface area contributed by atoms with Gasteiger partial charge < -0.3 is 14.3 Å². The van der Waals surface area contributed by atoms with E-state index in [9.17, 15) is 4.79 Å². The molecule has 3 heteroatoms. The summed E-state index contributed by atoms with van der Waals surface area (Å²) in [6.45, 7) is 4.07. The molecular weight excluding hydrogens is 204 g/mol. The number of rotatable bonds is 5. The third kappa shape index (κ3) is 2.35. The topological polar surface area (TPSA) is 35.5 Å². The van der Waals surface area contributed by atoms with Crippen LogP contribution in [0.15, 0.2) is 6.07 Å². The summed E-state index contributed by atoms with van der Waals surface area (Å²) in [5.41, 5.74) is 3.38. The highest BCUT2D eigenvalue weighted by molar-refractivity contribution is 5.56. The smallest absolute Gasteiger partial charge is 0.164 e. The minimum Gasteiger partial charge on any atom is -0.493 e. The third-order valence-corrected chi connectivity index (χ3v) is 2.83. The van der Waals surface area contributed by atoms with Gasteiger partial charge in [0.25, 0.3) is 0 Å². The highest BCUT2D eigenvalue weighted by Gasteiger charge is 2.14. The van der Waals surface area contributed by atoms with Crippen LogP contribution >= 0.6 is 0 Å². The molecule has 1 aromatic rings. The van der Waals surface area contributed by atoms with E-state index in [-0.39, 0.29) is 0 Å². The molecule has 0 atom stereocenters. The van der Waals surface area contributed by atoms with Crippen LogP contribution in [0.1, 0.15) is 23.1 Å². The quantitative estimate of drug-likeness (QED) is 0.718. The molecule has 0 bridgehead atoms. The second-order valence-electron chi connectivity index (χ2n) is 3.74. The molecule has 1 rings (SSSR count). The Labute approximate surface area is 96.4 Å². The molecule has 0 aliphatic rings. The lowest BCUT2D eigenvalue weighted by molar-refractivity contribution is -0.107. The lowest BCUT2D eigenvalue weighted by Gasteiger charge is -2.16. The van der Waals surface area contributed by atoms with Gasteiger partial charge in [-0.2, -0.15) is 0 Å². The van der Waals surface area contributed by atoms with Gasteiger partial charge in [-0.15, -0.1) is 0 Å². The van der Waals surface area contributed by atoms with Crippen molar-refractivity contribution in [3.63, 3.8) is 0 Å². The van der Waals surface area contributed by atoms with Gasteiger partial charge in [0, 0.05) is 12.0 Å². The molecule has 3 nitrogen and oxygen atoms in total. The summed E-state index contributed by atoms with van der Waals surface area (Å²) in [5.74, 6) is 1.47. The van der Waals surface area contributed by atoms with Gasteiger partial charge in [-0.1, -0.05) is 0 Å². The van der Waals surface area contributed by atoms with Crippen molar-refractivity contribution in [3.05, 3.63) is 22.8 Å². The molecule has 0 spiro atoms. The van der Waals surface area contributed by atoms with Crippen molar-refractivity contribution in [3.8, 4) is 11.5 Å². The molecule has 0 unspecified atom stereocenters. The van der Waals surface area contributed by atoms with E-state index in [4.69, 9.17) is 9.47 Å². The molecule has 1 aromatic carbocycles. The van der Waals surface area contributed by atoms with Crippen LogP contribution in [-0.2, 0) is 11.2 Å². The highest BCUT2D eigenvalue weighted by Crippen LogP contribution is 2.35. The van der Waals surface area contributed by atoms with E-state index in [2.05, 4.69) is 0 Å². The summed E-state index contributed by atoms with van der Waals surface area (Å²) in [7, 11) is 3.24. The summed E-state index contributed by atoms with van der Waals surface area (Å²) in [4.78, 5) is 10.5. The first-order chi connectivity index (χ1) is 7.65. The number of aldehydes is 1. The summed E-state index contributed by atoms with van der Waals surface area (Å²) in [5, 5.41) is 0. The van der Waals surface area contributed by atoms with Gasteiger partial charge in [-0.25, -0.2) is 0 Å². The molecule has 0 N–H and O–H groups in total. The fourth-order valence-corrected chi connectivity index (χ4v) is 1.81. The van der Waals surface area contributed by atoms with Crippen molar-refractivity contribution < 1.29 is 14.3 Å². The van der Waals surface area contributed by atoms with E-state index in [1.165, 1.54) is 5.56 Å². The Bertz CT molecular complexity index is 383. The van der Waals surface area contributed by atoms with Gasteiger partial charge in [0.1, 0.15) is 6.29 Å². The van der Waals surface area contributed by atoms with E-state index in [0.717, 1.165) is 28.9 Å². The number of ether oxygens (including phenoxy) is 2. The van der Waals surface area contributed by atoms with Crippen LogP contribution < -0.4 is 9.47 Å². The van der Waals surface area contributed by atoms with Crippen molar-refractivity contribution >= 4 is 6.29 Å². The van der Waals surface area contributed by atoms with E-state index in [1.54, 1.807) is 14.2 Å². The monoisotopic (exact) mass is 222 g/mol. The van der Waals surface area contributed by atoms with Crippen molar-refractivity contribution in [1.29, 1.82) is 0 Å². The Morgan fingerprint density at radius 3 is 2.44 bits per heavy atom. The molecule has 0 aromatic heterocycles. The summed E-state index contributed by atoms with van der Waals surface area (Å²) >= 11 is 0. The van der Waals surface area contributed by atoms with Crippen LogP contribution in [0.5, 0.6) is 11.5 Å². The first-order valence-electron chi connectivity index (χ1n) is 5.30. The third-order valence-electron chi connectivity index (χ3n) is 2.83. The zero-order valence-corrected chi connectivity index (χ0v) is 10.3. The zero-order valence-electron chi connectivity index (χ0n) is 10.3. The normalized spacial score (nSPS) is 10.0. The molecule has 0 saturated heterocycles. The summed E-state index contributed by atoms with van der Waals surface area (Å²) in [6.07, 6.45) is 2.12. The molecule has 88 valence electrons. The van der Waals surface area contributed by atoms with Crippen LogP contribution in [0.25, 0.3) is 0 Å². The molecule has 0 aliphatic carbocycles. The number of hydrogen-bond donors (Lipinski definition) is 0. The fourth-order valence-electron chi connectivity index (χ4n) is 1.81. The highest BCUT2D eigenvalue weighted by atomic mass is 16.5. The van der Waals surface area contributed by atoms with Crippen LogP contribution in [-0.4, -0.2) is 20.5 Å². The minimum atomic E-state index is 0.504. The Morgan fingerprint density at radius 1 is 1.25 bits per heavy atom. The molecule has 0 fully saturated rings. The minimum absolute atomic E-state index is 0.504. The SMILES string of the molecule is COc1cc(C)c(C)c(CCC=O)c1OC. The first-order valence-corrected chi connectivity index (χ1v) is 5.30. The average Bonchev–Trinajstić information content (AvgIpc) is 2.30. The summed E-state index contributed by atoms with van der Waals surface area (Å²) < 4.78 is 10.6. The maximum atomic E-state index is 10.5. The largest absolute Gasteiger partial charge is 0.493 e. The molecule has 16 heavy (non-hydrogen) atoms. The predicted octanol–water partition coefficient (Wildman–Crippen LogP) is 2.45. The summed E-state index contributed by atoms with van der Waals surface area (Å²) in [6, 6.07) is 1.96. The van der Waals surface area contributed by atoms with E-state index in [0.29, 0.717) is 12.8 Å². The number of benzene rings is 1. The van der Waals surface area contributed by atoms with Gasteiger partial charge in [0.05, 0.1) is 14.2 Å². The number of hydrogen-bond acceptors (Lipinski definition) is 3. The maximum Gasteiger partial charge on any atom is 0.164 e.